The molecule has 5 heteroatoms. The molecule has 2 unspecified atom stereocenters. The monoisotopic (exact) mass is 401 g/mol. The van der Waals surface area contributed by atoms with E-state index in [9.17, 15) is 9.59 Å². The Hall–Kier alpha value is -2.95. The smallest absolute Gasteiger partial charge is 0.240 e. The second-order valence-corrected chi connectivity index (χ2v) is 8.76. The van der Waals surface area contributed by atoms with Gasteiger partial charge in [-0.15, -0.1) is 0 Å². The highest BCUT2D eigenvalue weighted by atomic mass is 16.2. The molecule has 1 heterocycles. The molecule has 3 aliphatic rings. The summed E-state index contributed by atoms with van der Waals surface area (Å²) in [7, 11) is 0. The molecule has 2 amide bonds. The van der Waals surface area contributed by atoms with E-state index >= 15 is 0 Å². The average molecular weight is 402 g/mol. The number of rotatable bonds is 3. The van der Waals surface area contributed by atoms with Gasteiger partial charge in [0, 0.05) is 5.71 Å². The van der Waals surface area contributed by atoms with Crippen LogP contribution in [0, 0.1) is 19.8 Å². The van der Waals surface area contributed by atoms with E-state index in [2.05, 4.69) is 24.4 Å². The SMILES string of the molecule is Cc1cc2c(cc1C)N(CC(=O)NC1CCc3ccccc31)C(=O)C1CCCC1=N2. The third-order valence-electron chi connectivity index (χ3n) is 6.81. The number of hydrogen-bond acceptors (Lipinski definition) is 3. The van der Waals surface area contributed by atoms with Crippen LogP contribution in [0.4, 0.5) is 11.4 Å². The van der Waals surface area contributed by atoms with Gasteiger partial charge in [0.15, 0.2) is 0 Å². The molecule has 1 fully saturated rings. The number of aliphatic imine (C=N–C) groups is 1. The lowest BCUT2D eigenvalue weighted by molar-refractivity contribution is -0.125. The molecular weight excluding hydrogens is 374 g/mol. The van der Waals surface area contributed by atoms with E-state index in [-0.39, 0.29) is 30.3 Å². The highest BCUT2D eigenvalue weighted by Gasteiger charge is 2.37. The summed E-state index contributed by atoms with van der Waals surface area (Å²) in [5, 5.41) is 3.17. The first-order valence-corrected chi connectivity index (χ1v) is 10.9. The third-order valence-corrected chi connectivity index (χ3v) is 6.81. The van der Waals surface area contributed by atoms with Crippen LogP contribution in [-0.2, 0) is 16.0 Å². The van der Waals surface area contributed by atoms with Crippen LogP contribution in [0.2, 0.25) is 0 Å². The van der Waals surface area contributed by atoms with E-state index in [0.29, 0.717) is 0 Å². The minimum atomic E-state index is -0.196. The minimum Gasteiger partial charge on any atom is -0.348 e. The summed E-state index contributed by atoms with van der Waals surface area (Å²) in [6, 6.07) is 12.3. The molecule has 5 rings (SSSR count). The molecule has 0 radical (unpaired) electrons. The highest BCUT2D eigenvalue weighted by molar-refractivity contribution is 6.16. The first-order chi connectivity index (χ1) is 14.5. The maximum Gasteiger partial charge on any atom is 0.240 e. The molecule has 2 aromatic carbocycles. The molecule has 2 aliphatic carbocycles. The van der Waals surface area contributed by atoms with Gasteiger partial charge in [-0.1, -0.05) is 24.3 Å². The van der Waals surface area contributed by atoms with Crippen LogP contribution in [-0.4, -0.2) is 24.1 Å². The zero-order valence-corrected chi connectivity index (χ0v) is 17.6. The Bertz CT molecular complexity index is 1070. The van der Waals surface area contributed by atoms with Gasteiger partial charge < -0.3 is 10.2 Å². The second kappa shape index (κ2) is 7.38. The number of benzene rings is 2. The van der Waals surface area contributed by atoms with Crippen molar-refractivity contribution < 1.29 is 9.59 Å². The zero-order valence-electron chi connectivity index (χ0n) is 17.6. The maximum absolute atomic E-state index is 13.4. The van der Waals surface area contributed by atoms with Crippen molar-refractivity contribution in [3.05, 3.63) is 58.7 Å². The van der Waals surface area contributed by atoms with Gasteiger partial charge in [-0.3, -0.25) is 14.6 Å². The Balaban J connectivity index is 1.43. The molecule has 2 aromatic rings. The molecule has 5 nitrogen and oxygen atoms in total. The van der Waals surface area contributed by atoms with Crippen molar-refractivity contribution in [3.63, 3.8) is 0 Å². The molecule has 1 aliphatic heterocycles. The lowest BCUT2D eigenvalue weighted by atomic mass is 10.0. The third kappa shape index (κ3) is 3.22. The van der Waals surface area contributed by atoms with E-state index in [1.807, 2.05) is 31.2 Å². The fourth-order valence-corrected chi connectivity index (χ4v) is 5.03. The van der Waals surface area contributed by atoms with Crippen LogP contribution in [0.1, 0.15) is 54.0 Å². The zero-order chi connectivity index (χ0) is 20.8. The number of hydrogen-bond donors (Lipinski definition) is 1. The quantitative estimate of drug-likeness (QED) is 0.832. The summed E-state index contributed by atoms with van der Waals surface area (Å²) >= 11 is 0. The number of nitrogens with one attached hydrogen (secondary N) is 1. The van der Waals surface area contributed by atoms with Gasteiger partial charge in [0.05, 0.1) is 23.3 Å². The van der Waals surface area contributed by atoms with Gasteiger partial charge in [0.2, 0.25) is 11.8 Å². The molecular formula is C25H27N3O2. The molecule has 0 bridgehead atoms. The largest absolute Gasteiger partial charge is 0.348 e. The molecule has 30 heavy (non-hydrogen) atoms. The Morgan fingerprint density at radius 3 is 2.80 bits per heavy atom. The summed E-state index contributed by atoms with van der Waals surface area (Å²) in [5.74, 6) is -0.302. The highest BCUT2D eigenvalue weighted by Crippen LogP contribution is 2.39. The van der Waals surface area contributed by atoms with E-state index < -0.39 is 0 Å². The van der Waals surface area contributed by atoms with Crippen LogP contribution in [0.25, 0.3) is 0 Å². The van der Waals surface area contributed by atoms with Crippen LogP contribution >= 0.6 is 0 Å². The standard InChI is InChI=1S/C25H27N3O2/c1-15-12-22-23(13-16(15)2)28(25(30)19-8-5-9-20(19)26-22)14-24(29)27-21-11-10-17-6-3-4-7-18(17)21/h3-4,6-7,12-13,19,21H,5,8-11,14H2,1-2H3,(H,27,29). The maximum atomic E-state index is 13.4. The van der Waals surface area contributed by atoms with Crippen molar-refractivity contribution in [3.8, 4) is 0 Å². The predicted molar refractivity (Wildman–Crippen MR) is 118 cm³/mol. The van der Waals surface area contributed by atoms with Crippen molar-refractivity contribution in [2.75, 3.05) is 11.4 Å². The van der Waals surface area contributed by atoms with E-state index in [4.69, 9.17) is 4.99 Å². The number of anilines is 1. The Morgan fingerprint density at radius 2 is 1.93 bits per heavy atom. The lowest BCUT2D eigenvalue weighted by Crippen LogP contribution is -2.44. The fraction of sp³-hybridized carbons (Fsp3) is 0.400. The second-order valence-electron chi connectivity index (χ2n) is 8.76. The van der Waals surface area contributed by atoms with Crippen molar-refractivity contribution in [1.82, 2.24) is 5.32 Å². The summed E-state index contributed by atoms with van der Waals surface area (Å²) in [6.45, 7) is 4.13. The van der Waals surface area contributed by atoms with E-state index in [1.54, 1.807) is 4.90 Å². The Labute approximate surface area is 177 Å². The number of nitrogens with zero attached hydrogens (tertiary/aromatic N) is 2. The van der Waals surface area contributed by atoms with Gasteiger partial charge in [0.1, 0.15) is 6.54 Å². The van der Waals surface area contributed by atoms with Gasteiger partial charge in [-0.25, -0.2) is 0 Å². The number of aryl methyl sites for hydroxylation is 3. The fourth-order valence-electron chi connectivity index (χ4n) is 5.03. The number of carbonyl (C=O) groups excluding carboxylic acids is 2. The number of amides is 2. The molecule has 0 saturated heterocycles. The van der Waals surface area contributed by atoms with Crippen molar-refractivity contribution in [2.45, 2.75) is 52.0 Å². The van der Waals surface area contributed by atoms with Crippen LogP contribution in [0.15, 0.2) is 41.4 Å². The Morgan fingerprint density at radius 1 is 1.13 bits per heavy atom. The van der Waals surface area contributed by atoms with E-state index in [0.717, 1.165) is 60.3 Å². The predicted octanol–water partition coefficient (Wildman–Crippen LogP) is 4.33. The van der Waals surface area contributed by atoms with Crippen molar-refractivity contribution >= 4 is 28.9 Å². The van der Waals surface area contributed by atoms with Crippen molar-refractivity contribution in [1.29, 1.82) is 0 Å². The van der Waals surface area contributed by atoms with Crippen LogP contribution in [0.5, 0.6) is 0 Å². The minimum absolute atomic E-state index is 0.00947. The normalized spacial score (nSPS) is 22.1. The average Bonchev–Trinajstić information content (AvgIpc) is 3.34. The topological polar surface area (TPSA) is 61.8 Å². The molecule has 1 saturated carbocycles. The number of carbonyl (C=O) groups is 2. The first kappa shape index (κ1) is 19.0. The van der Waals surface area contributed by atoms with Crippen LogP contribution < -0.4 is 10.2 Å². The van der Waals surface area contributed by atoms with Crippen LogP contribution in [0.3, 0.4) is 0 Å². The summed E-state index contributed by atoms with van der Waals surface area (Å²) in [4.78, 5) is 33.0. The molecule has 2 atom stereocenters. The molecule has 0 spiro atoms. The number of fused-ring (bicyclic) bond motifs is 3. The van der Waals surface area contributed by atoms with Gasteiger partial charge in [-0.05, 0) is 80.3 Å². The van der Waals surface area contributed by atoms with E-state index in [1.165, 1.54) is 11.1 Å². The summed E-state index contributed by atoms with van der Waals surface area (Å²) in [6.07, 6.45) is 4.54. The summed E-state index contributed by atoms with van der Waals surface area (Å²) < 4.78 is 0. The van der Waals surface area contributed by atoms with Gasteiger partial charge >= 0.3 is 0 Å². The van der Waals surface area contributed by atoms with Crippen molar-refractivity contribution in [2.24, 2.45) is 10.9 Å². The van der Waals surface area contributed by atoms with Gasteiger partial charge in [-0.2, -0.15) is 0 Å². The first-order valence-electron chi connectivity index (χ1n) is 10.9. The van der Waals surface area contributed by atoms with Gasteiger partial charge in [0.25, 0.3) is 0 Å². The molecule has 1 N–H and O–H groups in total. The molecule has 154 valence electrons. The Kier molecular flexibility index (Phi) is 4.69. The molecule has 0 aromatic heterocycles. The summed E-state index contributed by atoms with van der Waals surface area (Å²) in [5.41, 5.74) is 7.28. The lowest BCUT2D eigenvalue weighted by Gasteiger charge is -2.26.